The predicted octanol–water partition coefficient (Wildman–Crippen LogP) is 3.51. The number of allylic oxidation sites excluding steroid dienone is 2. The van der Waals surface area contributed by atoms with Gasteiger partial charge in [-0.1, -0.05) is 31.4 Å². The second-order valence-corrected chi connectivity index (χ2v) is 3.52. The van der Waals surface area contributed by atoms with E-state index < -0.39 is 0 Å². The van der Waals surface area contributed by atoms with Gasteiger partial charge in [-0.25, -0.2) is 0 Å². The SMILES string of the molecule is CC(C)=CPC=C(C)C. The molecule has 0 aliphatic carbocycles. The molecule has 0 saturated carbocycles. The van der Waals surface area contributed by atoms with Gasteiger partial charge in [-0.15, -0.1) is 0 Å². The van der Waals surface area contributed by atoms with Crippen molar-refractivity contribution in [1.29, 1.82) is 0 Å². The number of hydrogen-bond donors (Lipinski definition) is 0. The van der Waals surface area contributed by atoms with Gasteiger partial charge in [0.15, 0.2) is 0 Å². The molecule has 0 rings (SSSR count). The molecule has 0 fully saturated rings. The standard InChI is InChI=1S/C8H15P/c1-7(2)5-9-6-8(3)4/h5-6,9H,1-4H3. The van der Waals surface area contributed by atoms with Crippen molar-refractivity contribution in [2.24, 2.45) is 0 Å². The molecule has 1 heteroatoms. The molecule has 0 spiro atoms. The smallest absolute Gasteiger partial charge is 0.0439 e. The molecule has 0 aromatic rings. The first-order valence-corrected chi connectivity index (χ1v) is 4.31. The Morgan fingerprint density at radius 1 is 0.889 bits per heavy atom. The first-order chi connectivity index (χ1) is 4.13. The van der Waals surface area contributed by atoms with E-state index in [0.29, 0.717) is 0 Å². The van der Waals surface area contributed by atoms with Gasteiger partial charge in [0.25, 0.3) is 0 Å². The van der Waals surface area contributed by atoms with E-state index in [1.807, 2.05) is 0 Å². The zero-order chi connectivity index (χ0) is 7.28. The van der Waals surface area contributed by atoms with Crippen LogP contribution in [0.5, 0.6) is 0 Å². The maximum absolute atomic E-state index is 2.26. The fourth-order valence-corrected chi connectivity index (χ4v) is 1.13. The van der Waals surface area contributed by atoms with Crippen molar-refractivity contribution in [2.75, 3.05) is 0 Å². The van der Waals surface area contributed by atoms with Crippen LogP contribution in [0.2, 0.25) is 0 Å². The van der Waals surface area contributed by atoms with Crippen LogP contribution in [-0.2, 0) is 0 Å². The average molecular weight is 142 g/mol. The molecule has 0 saturated heterocycles. The lowest BCUT2D eigenvalue weighted by molar-refractivity contribution is 1.41. The third-order valence-corrected chi connectivity index (χ3v) is 2.23. The molecule has 0 unspecified atom stereocenters. The van der Waals surface area contributed by atoms with Crippen molar-refractivity contribution in [3.63, 3.8) is 0 Å². The largest absolute Gasteiger partial charge is 0.0759 e. The molecule has 9 heavy (non-hydrogen) atoms. The van der Waals surface area contributed by atoms with Gasteiger partial charge >= 0.3 is 0 Å². The van der Waals surface area contributed by atoms with Crippen molar-refractivity contribution >= 4 is 8.58 Å². The Balaban J connectivity index is 3.53. The highest BCUT2D eigenvalue weighted by molar-refractivity contribution is 7.45. The van der Waals surface area contributed by atoms with Gasteiger partial charge in [0.2, 0.25) is 0 Å². The van der Waals surface area contributed by atoms with E-state index in [1.165, 1.54) is 11.1 Å². The van der Waals surface area contributed by atoms with Crippen LogP contribution in [0.25, 0.3) is 0 Å². The van der Waals surface area contributed by atoms with Gasteiger partial charge in [0.1, 0.15) is 0 Å². The van der Waals surface area contributed by atoms with Crippen LogP contribution in [-0.4, -0.2) is 0 Å². The molecule has 52 valence electrons. The first kappa shape index (κ1) is 8.91. The highest BCUT2D eigenvalue weighted by Gasteiger charge is 1.75. The molecule has 0 amide bonds. The Labute approximate surface area is 59.8 Å². The molecule has 0 bridgehead atoms. The van der Waals surface area contributed by atoms with E-state index in [2.05, 4.69) is 39.3 Å². The minimum absolute atomic E-state index is 0.869. The van der Waals surface area contributed by atoms with Crippen LogP contribution in [0.4, 0.5) is 0 Å². The molecule has 0 aliphatic rings. The minimum Gasteiger partial charge on any atom is -0.0759 e. The van der Waals surface area contributed by atoms with Crippen LogP contribution in [0.3, 0.4) is 0 Å². The summed E-state index contributed by atoms with van der Waals surface area (Å²) in [6, 6.07) is 0. The van der Waals surface area contributed by atoms with Crippen LogP contribution < -0.4 is 0 Å². The minimum atomic E-state index is 0.869. The Kier molecular flexibility index (Phi) is 4.71. The fourth-order valence-electron chi connectivity index (χ4n) is 0.375. The van der Waals surface area contributed by atoms with E-state index in [1.54, 1.807) is 0 Å². The summed E-state index contributed by atoms with van der Waals surface area (Å²) in [5.74, 6) is 4.51. The first-order valence-electron chi connectivity index (χ1n) is 3.15. The van der Waals surface area contributed by atoms with Crippen LogP contribution in [0, 0.1) is 0 Å². The molecule has 0 aromatic carbocycles. The van der Waals surface area contributed by atoms with E-state index in [0.717, 1.165) is 8.58 Å². The maximum Gasteiger partial charge on any atom is -0.0439 e. The second-order valence-electron chi connectivity index (χ2n) is 2.61. The summed E-state index contributed by atoms with van der Waals surface area (Å²) in [5.41, 5.74) is 2.82. The van der Waals surface area contributed by atoms with Crippen molar-refractivity contribution in [3.05, 3.63) is 22.8 Å². The van der Waals surface area contributed by atoms with Crippen LogP contribution >= 0.6 is 8.58 Å². The fraction of sp³-hybridized carbons (Fsp3) is 0.500. The van der Waals surface area contributed by atoms with E-state index >= 15 is 0 Å². The molecule has 0 radical (unpaired) electrons. The Hall–Kier alpha value is -0.0900. The summed E-state index contributed by atoms with van der Waals surface area (Å²) in [4.78, 5) is 0. The molecule has 0 aliphatic heterocycles. The van der Waals surface area contributed by atoms with Gasteiger partial charge < -0.3 is 0 Å². The van der Waals surface area contributed by atoms with Crippen molar-refractivity contribution in [2.45, 2.75) is 27.7 Å². The summed E-state index contributed by atoms with van der Waals surface area (Å²) >= 11 is 0. The predicted molar refractivity (Wildman–Crippen MR) is 47.2 cm³/mol. The number of rotatable bonds is 2. The van der Waals surface area contributed by atoms with Crippen LogP contribution in [0.15, 0.2) is 22.8 Å². The lowest BCUT2D eigenvalue weighted by atomic mass is 10.4. The molecule has 0 heterocycles. The summed E-state index contributed by atoms with van der Waals surface area (Å²) < 4.78 is 0. The van der Waals surface area contributed by atoms with Gasteiger partial charge in [0.05, 0.1) is 0 Å². The van der Waals surface area contributed by atoms with E-state index in [4.69, 9.17) is 0 Å². The molecular formula is C8H15P. The summed E-state index contributed by atoms with van der Waals surface area (Å²) in [7, 11) is 0.869. The summed E-state index contributed by atoms with van der Waals surface area (Å²) in [6.07, 6.45) is 0. The molecule has 0 nitrogen and oxygen atoms in total. The molecule has 0 N–H and O–H groups in total. The van der Waals surface area contributed by atoms with Crippen LogP contribution in [0.1, 0.15) is 27.7 Å². The summed E-state index contributed by atoms with van der Waals surface area (Å²) in [6.45, 7) is 8.52. The zero-order valence-corrected chi connectivity index (χ0v) is 7.65. The monoisotopic (exact) mass is 142 g/mol. The van der Waals surface area contributed by atoms with Gasteiger partial charge in [-0.3, -0.25) is 0 Å². The van der Waals surface area contributed by atoms with Gasteiger partial charge in [-0.05, 0) is 27.7 Å². The normalized spacial score (nSPS) is 8.44. The Bertz CT molecular complexity index is 108. The quantitative estimate of drug-likeness (QED) is 0.517. The third kappa shape index (κ3) is 7.91. The Morgan fingerprint density at radius 2 is 1.22 bits per heavy atom. The van der Waals surface area contributed by atoms with Gasteiger partial charge in [-0.2, -0.15) is 0 Å². The maximum atomic E-state index is 2.26. The third-order valence-electron chi connectivity index (χ3n) is 0.744. The Morgan fingerprint density at radius 3 is 1.44 bits per heavy atom. The second kappa shape index (κ2) is 4.76. The average Bonchev–Trinajstić information content (AvgIpc) is 1.63. The van der Waals surface area contributed by atoms with Crippen molar-refractivity contribution in [3.8, 4) is 0 Å². The highest BCUT2D eigenvalue weighted by Crippen LogP contribution is 2.17. The summed E-state index contributed by atoms with van der Waals surface area (Å²) in [5, 5.41) is 0. The number of hydrogen-bond acceptors (Lipinski definition) is 0. The lowest BCUT2D eigenvalue weighted by Crippen LogP contribution is -1.57. The molecular weight excluding hydrogens is 127 g/mol. The molecule has 0 atom stereocenters. The topological polar surface area (TPSA) is 0 Å². The zero-order valence-electron chi connectivity index (χ0n) is 6.65. The lowest BCUT2D eigenvalue weighted by Gasteiger charge is -1.88. The highest BCUT2D eigenvalue weighted by atomic mass is 31.1. The molecule has 0 aromatic heterocycles. The van der Waals surface area contributed by atoms with E-state index in [-0.39, 0.29) is 0 Å². The van der Waals surface area contributed by atoms with Gasteiger partial charge in [0, 0.05) is 0 Å². The van der Waals surface area contributed by atoms with Crippen molar-refractivity contribution < 1.29 is 0 Å². The van der Waals surface area contributed by atoms with E-state index in [9.17, 15) is 0 Å². The van der Waals surface area contributed by atoms with Crippen molar-refractivity contribution in [1.82, 2.24) is 0 Å².